The predicted molar refractivity (Wildman–Crippen MR) is 139 cm³/mol. The number of rotatable bonds is 17. The summed E-state index contributed by atoms with van der Waals surface area (Å²) in [5.74, 6) is -0.0229. The van der Waals surface area contributed by atoms with Gasteiger partial charge >= 0.3 is 5.97 Å². The van der Waals surface area contributed by atoms with Crippen molar-refractivity contribution in [2.45, 2.75) is 109 Å². The summed E-state index contributed by atoms with van der Waals surface area (Å²) < 4.78 is 6.12. The van der Waals surface area contributed by atoms with Crippen LogP contribution in [-0.2, 0) is 15.1 Å². The zero-order chi connectivity index (χ0) is 23.5. The highest BCUT2D eigenvalue weighted by atomic mass is 16.6. The van der Waals surface area contributed by atoms with Gasteiger partial charge in [0, 0.05) is 19.3 Å². The molecule has 0 radical (unpaired) electrons. The largest absolute Gasteiger partial charge is 0.454 e. The Hall–Kier alpha value is -1.87. The van der Waals surface area contributed by atoms with E-state index >= 15 is 0 Å². The van der Waals surface area contributed by atoms with Crippen LogP contribution in [0.3, 0.4) is 0 Å². The number of hydrogen-bond donors (Lipinski definition) is 1. The average Bonchev–Trinajstić information content (AvgIpc) is 2.85. The smallest absolute Gasteiger partial charge is 0.306 e. The van der Waals surface area contributed by atoms with Gasteiger partial charge in [-0.2, -0.15) is 0 Å². The Kier molecular flexibility index (Phi) is 14.6. The standard InChI is InChI=1S/C30H47NO2/c1-2-3-4-5-6-7-8-9-10-11-12-13-14-15-16-20-23-29(32)33-30(24-26-31-27-25-30)28-21-18-17-19-22-28/h6-7,9-10,17-19,21-22,31H,2-5,8,11-16,20,23-27H2,1H3/p+1/b7-6+,10-9-. The fourth-order valence-corrected chi connectivity index (χ4v) is 4.66. The first kappa shape index (κ1) is 27.4. The number of piperidine rings is 1. The third-order valence-electron chi connectivity index (χ3n) is 6.70. The van der Waals surface area contributed by atoms with E-state index in [2.05, 4.69) is 48.7 Å². The van der Waals surface area contributed by atoms with Crippen LogP contribution in [0.4, 0.5) is 0 Å². The summed E-state index contributed by atoms with van der Waals surface area (Å²) >= 11 is 0. The zero-order valence-corrected chi connectivity index (χ0v) is 21.1. The lowest BCUT2D eigenvalue weighted by Gasteiger charge is -2.36. The molecule has 3 heteroatoms. The number of allylic oxidation sites excluding steroid dienone is 4. The molecule has 1 aromatic rings. The van der Waals surface area contributed by atoms with Crippen LogP contribution < -0.4 is 5.32 Å². The fraction of sp³-hybridized carbons (Fsp3) is 0.633. The maximum Gasteiger partial charge on any atom is 0.306 e. The molecule has 0 amide bonds. The van der Waals surface area contributed by atoms with Crippen LogP contribution in [-0.4, -0.2) is 19.1 Å². The van der Waals surface area contributed by atoms with Gasteiger partial charge in [-0.1, -0.05) is 100 Å². The van der Waals surface area contributed by atoms with Crippen molar-refractivity contribution in [2.24, 2.45) is 0 Å². The van der Waals surface area contributed by atoms with Gasteiger partial charge in [0.25, 0.3) is 0 Å². The average molecular weight is 455 g/mol. The van der Waals surface area contributed by atoms with Crippen molar-refractivity contribution in [3.8, 4) is 0 Å². The molecular formula is C30H48NO2+. The summed E-state index contributed by atoms with van der Waals surface area (Å²) in [5.41, 5.74) is 0.745. The monoisotopic (exact) mass is 454 g/mol. The predicted octanol–water partition coefficient (Wildman–Crippen LogP) is 6.99. The highest BCUT2D eigenvalue weighted by molar-refractivity contribution is 5.70. The van der Waals surface area contributed by atoms with E-state index in [1.165, 1.54) is 57.8 Å². The van der Waals surface area contributed by atoms with Crippen molar-refractivity contribution in [1.29, 1.82) is 0 Å². The first-order valence-corrected chi connectivity index (χ1v) is 13.7. The Bertz CT molecular complexity index is 674. The van der Waals surface area contributed by atoms with Crippen LogP contribution in [0.1, 0.15) is 109 Å². The van der Waals surface area contributed by atoms with Crippen molar-refractivity contribution in [3.05, 3.63) is 60.2 Å². The maximum atomic E-state index is 12.6. The van der Waals surface area contributed by atoms with Gasteiger partial charge in [-0.15, -0.1) is 0 Å². The van der Waals surface area contributed by atoms with E-state index in [9.17, 15) is 4.79 Å². The molecule has 0 unspecified atom stereocenters. The highest BCUT2D eigenvalue weighted by Gasteiger charge is 2.39. The molecule has 0 spiro atoms. The van der Waals surface area contributed by atoms with Crippen LogP contribution in [0.15, 0.2) is 54.6 Å². The molecular weight excluding hydrogens is 406 g/mol. The molecule has 0 saturated carbocycles. The van der Waals surface area contributed by atoms with Crippen LogP contribution in [0.25, 0.3) is 0 Å². The van der Waals surface area contributed by atoms with E-state index < -0.39 is 5.60 Å². The molecule has 0 bridgehead atoms. The van der Waals surface area contributed by atoms with Crippen molar-refractivity contribution in [3.63, 3.8) is 0 Å². The van der Waals surface area contributed by atoms with E-state index in [0.29, 0.717) is 6.42 Å². The van der Waals surface area contributed by atoms with Crippen molar-refractivity contribution in [2.75, 3.05) is 13.1 Å². The number of hydrogen-bond acceptors (Lipinski definition) is 2. The van der Waals surface area contributed by atoms with Crippen LogP contribution >= 0.6 is 0 Å². The van der Waals surface area contributed by atoms with E-state index in [1.807, 2.05) is 18.2 Å². The summed E-state index contributed by atoms with van der Waals surface area (Å²) in [6.07, 6.45) is 26.2. The summed E-state index contributed by atoms with van der Waals surface area (Å²) in [6.45, 7) is 4.29. The summed E-state index contributed by atoms with van der Waals surface area (Å²) in [5, 5.41) is 2.32. The number of carbonyl (C=O) groups excluding carboxylic acids is 1. The van der Waals surface area contributed by atoms with E-state index in [4.69, 9.17) is 4.74 Å². The van der Waals surface area contributed by atoms with Crippen molar-refractivity contribution in [1.82, 2.24) is 0 Å². The zero-order valence-electron chi connectivity index (χ0n) is 21.1. The minimum absolute atomic E-state index is 0.0229. The fourth-order valence-electron chi connectivity index (χ4n) is 4.66. The minimum atomic E-state index is -0.411. The molecule has 1 fully saturated rings. The van der Waals surface area contributed by atoms with Crippen molar-refractivity contribution >= 4 is 5.97 Å². The molecule has 1 aromatic carbocycles. The van der Waals surface area contributed by atoms with Crippen LogP contribution in [0, 0.1) is 0 Å². The van der Waals surface area contributed by atoms with Gasteiger partial charge in [0.2, 0.25) is 0 Å². The Morgan fingerprint density at radius 1 is 0.848 bits per heavy atom. The molecule has 2 rings (SSSR count). The molecule has 2 N–H and O–H groups in total. The van der Waals surface area contributed by atoms with Crippen LogP contribution in [0.2, 0.25) is 0 Å². The molecule has 3 nitrogen and oxygen atoms in total. The molecule has 184 valence electrons. The van der Waals surface area contributed by atoms with Gasteiger partial charge in [-0.05, 0) is 44.1 Å². The molecule has 1 heterocycles. The third-order valence-corrected chi connectivity index (χ3v) is 6.70. The number of nitrogens with two attached hydrogens (primary N) is 1. The normalized spacial score (nSPS) is 15.9. The second kappa shape index (κ2) is 17.6. The summed E-state index contributed by atoms with van der Waals surface area (Å²) in [6, 6.07) is 10.3. The molecule has 33 heavy (non-hydrogen) atoms. The molecule has 0 atom stereocenters. The van der Waals surface area contributed by atoms with E-state index in [1.54, 1.807) is 0 Å². The lowest BCUT2D eigenvalue weighted by atomic mass is 9.84. The second-order valence-corrected chi connectivity index (χ2v) is 9.53. The quantitative estimate of drug-likeness (QED) is 0.157. The number of unbranched alkanes of at least 4 members (excludes halogenated alkanes) is 9. The highest BCUT2D eigenvalue weighted by Crippen LogP contribution is 2.34. The van der Waals surface area contributed by atoms with Gasteiger partial charge in [0.15, 0.2) is 0 Å². The Balaban J connectivity index is 1.49. The topological polar surface area (TPSA) is 42.9 Å². The minimum Gasteiger partial charge on any atom is -0.454 e. The molecule has 0 aliphatic carbocycles. The van der Waals surface area contributed by atoms with Crippen LogP contribution in [0.5, 0.6) is 0 Å². The number of benzene rings is 1. The first-order valence-electron chi connectivity index (χ1n) is 13.7. The van der Waals surface area contributed by atoms with Gasteiger partial charge in [-0.25, -0.2) is 0 Å². The third kappa shape index (κ3) is 11.7. The SMILES string of the molecule is CCCCC/C=C/C/C=C\CCCCCCCCC(=O)OC1(c2ccccc2)CC[NH2+]CC1. The number of ether oxygens (including phenoxy) is 1. The van der Waals surface area contributed by atoms with Gasteiger partial charge in [0.05, 0.1) is 13.1 Å². The van der Waals surface area contributed by atoms with E-state index in [0.717, 1.165) is 50.8 Å². The van der Waals surface area contributed by atoms with Gasteiger partial charge in [-0.3, -0.25) is 4.79 Å². The number of esters is 1. The lowest BCUT2D eigenvalue weighted by Crippen LogP contribution is -2.87. The summed E-state index contributed by atoms with van der Waals surface area (Å²) in [4.78, 5) is 12.6. The lowest BCUT2D eigenvalue weighted by molar-refractivity contribution is -0.668. The molecule has 1 saturated heterocycles. The number of quaternary nitrogens is 1. The summed E-state index contributed by atoms with van der Waals surface area (Å²) in [7, 11) is 0. The van der Waals surface area contributed by atoms with E-state index in [-0.39, 0.29) is 5.97 Å². The van der Waals surface area contributed by atoms with Gasteiger partial charge in [0.1, 0.15) is 5.60 Å². The maximum absolute atomic E-state index is 12.6. The Labute approximate surface area is 203 Å². The molecule has 1 aliphatic heterocycles. The Morgan fingerprint density at radius 2 is 1.45 bits per heavy atom. The molecule has 0 aromatic heterocycles. The Morgan fingerprint density at radius 3 is 2.12 bits per heavy atom. The first-order chi connectivity index (χ1) is 16.3. The van der Waals surface area contributed by atoms with Gasteiger partial charge < -0.3 is 10.1 Å². The second-order valence-electron chi connectivity index (χ2n) is 9.53. The number of carbonyl (C=O) groups is 1. The molecule has 1 aliphatic rings. The van der Waals surface area contributed by atoms with Crippen molar-refractivity contribution < 1.29 is 14.8 Å².